The zero-order valence-electron chi connectivity index (χ0n) is 11.3. The lowest BCUT2D eigenvalue weighted by molar-refractivity contribution is 0.570. The summed E-state index contributed by atoms with van der Waals surface area (Å²) >= 11 is 0. The normalized spacial score (nSPS) is 11.0. The van der Waals surface area contributed by atoms with Gasteiger partial charge in [0, 0.05) is 11.4 Å². The summed E-state index contributed by atoms with van der Waals surface area (Å²) < 4.78 is 40.2. The molecule has 0 aliphatic rings. The number of benzene rings is 1. The summed E-state index contributed by atoms with van der Waals surface area (Å²) in [4.78, 5) is 7.30. The van der Waals surface area contributed by atoms with E-state index in [0.29, 0.717) is 11.4 Å². The van der Waals surface area contributed by atoms with Crippen LogP contribution in [0.2, 0.25) is 0 Å². The van der Waals surface area contributed by atoms with E-state index >= 15 is 0 Å². The maximum absolute atomic E-state index is 13.8. The molecule has 0 radical (unpaired) electrons. The summed E-state index contributed by atoms with van der Waals surface area (Å²) in [6.07, 6.45) is 0. The Morgan fingerprint density at radius 1 is 1.19 bits per heavy atom. The van der Waals surface area contributed by atoms with Crippen LogP contribution < -0.4 is 4.72 Å². The monoisotopic (exact) mass is 306 g/mol. The Kier molecular flexibility index (Phi) is 3.86. The number of hydrogen-bond donors (Lipinski definition) is 1. The van der Waals surface area contributed by atoms with Gasteiger partial charge < -0.3 is 0 Å². The number of sulfonamides is 1. The fourth-order valence-electron chi connectivity index (χ4n) is 1.74. The first-order chi connectivity index (χ1) is 9.81. The van der Waals surface area contributed by atoms with E-state index in [1.807, 2.05) is 0 Å². The lowest BCUT2D eigenvalue weighted by atomic mass is 10.2. The summed E-state index contributed by atoms with van der Waals surface area (Å²) in [6.45, 7) is 3.38. The molecule has 0 aliphatic heterocycles. The molecule has 0 spiro atoms. The summed E-state index contributed by atoms with van der Waals surface area (Å²) in [5, 5.41) is 8.65. The van der Waals surface area contributed by atoms with E-state index in [1.165, 1.54) is 6.07 Å². The second-order valence-corrected chi connectivity index (χ2v) is 5.99. The van der Waals surface area contributed by atoms with Gasteiger partial charge in [-0.05, 0) is 38.1 Å². The number of nitrogens with zero attached hydrogens (tertiary/aromatic N) is 3. The number of hydrogen-bond acceptors (Lipinski definition) is 5. The molecule has 1 aromatic carbocycles. The quantitative estimate of drug-likeness (QED) is 0.934. The second kappa shape index (κ2) is 5.46. The predicted molar refractivity (Wildman–Crippen MR) is 73.4 cm³/mol. The van der Waals surface area contributed by atoms with Crippen LogP contribution in [0.5, 0.6) is 0 Å². The average molecular weight is 306 g/mol. The number of rotatable bonds is 3. The molecular formula is C13H11FN4O2S. The van der Waals surface area contributed by atoms with Crippen LogP contribution in [-0.2, 0) is 10.0 Å². The highest BCUT2D eigenvalue weighted by molar-refractivity contribution is 7.92. The number of nitriles is 1. The first-order valence-corrected chi connectivity index (χ1v) is 7.35. The fraction of sp³-hybridized carbons (Fsp3) is 0.154. The summed E-state index contributed by atoms with van der Waals surface area (Å²) in [7, 11) is -4.16. The maximum atomic E-state index is 13.8. The van der Waals surface area contributed by atoms with Gasteiger partial charge in [0.15, 0.2) is 0 Å². The number of aromatic nitrogens is 2. The molecule has 0 amide bonds. The fourth-order valence-corrected chi connectivity index (χ4v) is 2.74. The van der Waals surface area contributed by atoms with E-state index in [1.54, 1.807) is 26.0 Å². The molecule has 0 saturated heterocycles. The van der Waals surface area contributed by atoms with Crippen molar-refractivity contribution >= 4 is 16.0 Å². The highest BCUT2D eigenvalue weighted by Gasteiger charge is 2.20. The first kappa shape index (κ1) is 14.9. The average Bonchev–Trinajstić information content (AvgIpc) is 2.36. The third-order valence-corrected chi connectivity index (χ3v) is 3.92. The minimum atomic E-state index is -4.16. The van der Waals surface area contributed by atoms with Gasteiger partial charge in [-0.2, -0.15) is 5.26 Å². The van der Waals surface area contributed by atoms with Crippen LogP contribution in [0.1, 0.15) is 17.0 Å². The summed E-state index contributed by atoms with van der Waals surface area (Å²) in [5.41, 5.74) is 1.20. The SMILES string of the molecule is Cc1cc(C)nc(NS(=O)(=O)c2ccc(C#N)cc2F)n1. The Labute approximate surface area is 121 Å². The molecule has 1 heterocycles. The topological polar surface area (TPSA) is 95.7 Å². The zero-order chi connectivity index (χ0) is 15.6. The minimum Gasteiger partial charge on any atom is -0.247 e. The third kappa shape index (κ3) is 3.32. The van der Waals surface area contributed by atoms with Crippen molar-refractivity contribution in [2.45, 2.75) is 18.7 Å². The first-order valence-electron chi connectivity index (χ1n) is 5.86. The predicted octanol–water partition coefficient (Wildman–Crippen LogP) is 1.91. The lowest BCUT2D eigenvalue weighted by Crippen LogP contribution is -2.17. The molecule has 1 aromatic heterocycles. The molecule has 2 rings (SSSR count). The second-order valence-electron chi connectivity index (χ2n) is 4.34. The Balaban J connectivity index is 2.41. The zero-order valence-corrected chi connectivity index (χ0v) is 12.1. The summed E-state index contributed by atoms with van der Waals surface area (Å²) in [6, 6.07) is 6.52. The standard InChI is InChI=1S/C13H11FN4O2S/c1-8-5-9(2)17-13(16-8)18-21(19,20)12-4-3-10(7-15)6-11(12)14/h3-6H,1-2H3,(H,16,17,18). The van der Waals surface area contributed by atoms with Crippen LogP contribution in [0, 0.1) is 31.0 Å². The molecular weight excluding hydrogens is 295 g/mol. The molecule has 0 saturated carbocycles. The Hall–Kier alpha value is -2.53. The Morgan fingerprint density at radius 3 is 2.33 bits per heavy atom. The van der Waals surface area contributed by atoms with Crippen LogP contribution in [0.4, 0.5) is 10.3 Å². The number of aryl methyl sites for hydroxylation is 2. The molecule has 108 valence electrons. The van der Waals surface area contributed by atoms with Gasteiger partial charge in [0.1, 0.15) is 10.7 Å². The number of nitrogens with one attached hydrogen (secondary N) is 1. The molecule has 21 heavy (non-hydrogen) atoms. The van der Waals surface area contributed by atoms with Gasteiger partial charge >= 0.3 is 0 Å². The number of anilines is 1. The van der Waals surface area contributed by atoms with Gasteiger partial charge in [-0.25, -0.2) is 27.5 Å². The molecule has 0 aliphatic carbocycles. The van der Waals surface area contributed by atoms with Crippen molar-refractivity contribution < 1.29 is 12.8 Å². The van der Waals surface area contributed by atoms with Crippen molar-refractivity contribution in [2.75, 3.05) is 4.72 Å². The molecule has 2 aromatic rings. The molecule has 0 unspecified atom stereocenters. The molecule has 0 fully saturated rings. The maximum Gasteiger partial charge on any atom is 0.267 e. The molecule has 0 bridgehead atoms. The van der Waals surface area contributed by atoms with E-state index in [2.05, 4.69) is 14.7 Å². The van der Waals surface area contributed by atoms with E-state index < -0.39 is 20.7 Å². The van der Waals surface area contributed by atoms with Gasteiger partial charge in [-0.3, -0.25) is 0 Å². The molecule has 8 heteroatoms. The van der Waals surface area contributed by atoms with Crippen molar-refractivity contribution in [1.82, 2.24) is 9.97 Å². The number of halogens is 1. The van der Waals surface area contributed by atoms with Crippen molar-refractivity contribution in [3.63, 3.8) is 0 Å². The lowest BCUT2D eigenvalue weighted by Gasteiger charge is -2.08. The highest BCUT2D eigenvalue weighted by Crippen LogP contribution is 2.18. The van der Waals surface area contributed by atoms with Gasteiger partial charge in [0.05, 0.1) is 11.6 Å². The largest absolute Gasteiger partial charge is 0.267 e. The van der Waals surface area contributed by atoms with Gasteiger partial charge in [-0.1, -0.05) is 0 Å². The van der Waals surface area contributed by atoms with Crippen LogP contribution in [0.3, 0.4) is 0 Å². The minimum absolute atomic E-state index is 0.0362. The molecule has 1 N–H and O–H groups in total. The van der Waals surface area contributed by atoms with E-state index in [4.69, 9.17) is 5.26 Å². The summed E-state index contributed by atoms with van der Waals surface area (Å²) in [5.74, 6) is -1.14. The molecule has 6 nitrogen and oxygen atoms in total. The smallest absolute Gasteiger partial charge is 0.247 e. The van der Waals surface area contributed by atoms with E-state index in [0.717, 1.165) is 12.1 Å². The van der Waals surface area contributed by atoms with Crippen molar-refractivity contribution in [1.29, 1.82) is 5.26 Å². The highest BCUT2D eigenvalue weighted by atomic mass is 32.2. The van der Waals surface area contributed by atoms with Crippen molar-refractivity contribution in [3.05, 3.63) is 47.0 Å². The van der Waals surface area contributed by atoms with E-state index in [-0.39, 0.29) is 11.5 Å². The van der Waals surface area contributed by atoms with Crippen LogP contribution in [0.25, 0.3) is 0 Å². The van der Waals surface area contributed by atoms with Crippen LogP contribution in [-0.4, -0.2) is 18.4 Å². The third-order valence-electron chi connectivity index (χ3n) is 2.56. The van der Waals surface area contributed by atoms with Gasteiger partial charge in [0.2, 0.25) is 5.95 Å². The Morgan fingerprint density at radius 2 is 1.81 bits per heavy atom. The van der Waals surface area contributed by atoms with Crippen molar-refractivity contribution in [2.24, 2.45) is 0 Å². The Bertz CT molecular complexity index is 823. The van der Waals surface area contributed by atoms with Gasteiger partial charge in [0.25, 0.3) is 10.0 Å². The van der Waals surface area contributed by atoms with E-state index in [9.17, 15) is 12.8 Å². The van der Waals surface area contributed by atoms with Gasteiger partial charge in [-0.15, -0.1) is 0 Å². The van der Waals surface area contributed by atoms with Crippen molar-refractivity contribution in [3.8, 4) is 6.07 Å². The van der Waals surface area contributed by atoms with Crippen LogP contribution in [0.15, 0.2) is 29.2 Å². The molecule has 0 atom stereocenters. The van der Waals surface area contributed by atoms with Crippen LogP contribution >= 0.6 is 0 Å².